The van der Waals surface area contributed by atoms with Crippen LogP contribution in [0.5, 0.6) is 0 Å². The molecule has 1 saturated heterocycles. The fourth-order valence-electron chi connectivity index (χ4n) is 2.65. The SMILES string of the molecule is Cc1ccoc1C(=O)NCc1ccnc(N2CCN(C)CC2)c1. The lowest BCUT2D eigenvalue weighted by Gasteiger charge is -2.33. The van der Waals surface area contributed by atoms with Crippen LogP contribution in [-0.4, -0.2) is 49.0 Å². The molecule has 3 heterocycles. The minimum atomic E-state index is -0.189. The summed E-state index contributed by atoms with van der Waals surface area (Å²) >= 11 is 0. The van der Waals surface area contributed by atoms with Gasteiger partial charge >= 0.3 is 0 Å². The standard InChI is InChI=1S/C17H22N4O2/c1-13-4-10-23-16(13)17(22)19-12-14-3-5-18-15(11-14)21-8-6-20(2)7-9-21/h3-5,10-11H,6-9,12H2,1-2H3,(H,19,22). The van der Waals surface area contributed by atoms with Crippen LogP contribution in [0.3, 0.4) is 0 Å². The first-order valence-corrected chi connectivity index (χ1v) is 7.84. The average Bonchev–Trinajstić information content (AvgIpc) is 3.00. The van der Waals surface area contributed by atoms with E-state index in [9.17, 15) is 4.79 Å². The molecule has 1 fully saturated rings. The van der Waals surface area contributed by atoms with Gasteiger partial charge in [0.25, 0.3) is 5.91 Å². The summed E-state index contributed by atoms with van der Waals surface area (Å²) in [4.78, 5) is 21.1. The maximum absolute atomic E-state index is 12.1. The predicted octanol–water partition coefficient (Wildman–Crippen LogP) is 1.66. The number of nitrogens with zero attached hydrogens (tertiary/aromatic N) is 3. The number of carbonyl (C=O) groups excluding carboxylic acids is 1. The van der Waals surface area contributed by atoms with Gasteiger partial charge in [-0.05, 0) is 37.7 Å². The summed E-state index contributed by atoms with van der Waals surface area (Å²) in [5.74, 6) is 1.16. The number of nitrogens with one attached hydrogen (secondary N) is 1. The van der Waals surface area contributed by atoms with Gasteiger partial charge in [0.05, 0.1) is 6.26 Å². The van der Waals surface area contributed by atoms with Crippen LogP contribution >= 0.6 is 0 Å². The Hall–Kier alpha value is -2.34. The molecule has 6 heteroatoms. The zero-order valence-corrected chi connectivity index (χ0v) is 13.6. The number of rotatable bonds is 4. The van der Waals surface area contributed by atoms with E-state index in [4.69, 9.17) is 4.42 Å². The van der Waals surface area contributed by atoms with Gasteiger partial charge in [-0.3, -0.25) is 4.79 Å². The third-order valence-electron chi connectivity index (χ3n) is 4.16. The predicted molar refractivity (Wildman–Crippen MR) is 88.6 cm³/mol. The van der Waals surface area contributed by atoms with Gasteiger partial charge in [-0.2, -0.15) is 0 Å². The highest BCUT2D eigenvalue weighted by atomic mass is 16.3. The number of pyridine rings is 1. The van der Waals surface area contributed by atoms with Gasteiger partial charge in [0, 0.05) is 44.5 Å². The molecule has 0 unspecified atom stereocenters. The first kappa shape index (κ1) is 15.6. The van der Waals surface area contributed by atoms with Gasteiger partial charge in [0.1, 0.15) is 5.82 Å². The van der Waals surface area contributed by atoms with E-state index in [1.807, 2.05) is 19.1 Å². The van der Waals surface area contributed by atoms with Gasteiger partial charge in [0.2, 0.25) is 0 Å². The van der Waals surface area contributed by atoms with Crippen LogP contribution in [0, 0.1) is 6.92 Å². The van der Waals surface area contributed by atoms with Crippen molar-refractivity contribution in [2.45, 2.75) is 13.5 Å². The highest BCUT2D eigenvalue weighted by molar-refractivity contribution is 5.92. The largest absolute Gasteiger partial charge is 0.459 e. The third-order valence-corrected chi connectivity index (χ3v) is 4.16. The molecule has 0 aliphatic carbocycles. The van der Waals surface area contributed by atoms with Crippen molar-refractivity contribution < 1.29 is 9.21 Å². The van der Waals surface area contributed by atoms with Crippen LogP contribution in [0.25, 0.3) is 0 Å². The van der Waals surface area contributed by atoms with Crippen LogP contribution in [0.4, 0.5) is 5.82 Å². The number of hydrogen-bond acceptors (Lipinski definition) is 5. The molecule has 0 atom stereocenters. The Morgan fingerprint density at radius 3 is 2.78 bits per heavy atom. The molecule has 1 N–H and O–H groups in total. The zero-order chi connectivity index (χ0) is 16.2. The van der Waals surface area contributed by atoms with E-state index in [0.717, 1.165) is 43.1 Å². The quantitative estimate of drug-likeness (QED) is 0.930. The van der Waals surface area contributed by atoms with Crippen molar-refractivity contribution >= 4 is 11.7 Å². The monoisotopic (exact) mass is 314 g/mol. The molecule has 0 radical (unpaired) electrons. The van der Waals surface area contributed by atoms with E-state index >= 15 is 0 Å². The second-order valence-corrected chi connectivity index (χ2v) is 5.93. The van der Waals surface area contributed by atoms with Crippen molar-refractivity contribution in [1.29, 1.82) is 0 Å². The summed E-state index contributed by atoms with van der Waals surface area (Å²) in [7, 11) is 2.13. The van der Waals surface area contributed by atoms with Gasteiger partial charge in [-0.1, -0.05) is 0 Å². The van der Waals surface area contributed by atoms with E-state index in [1.54, 1.807) is 12.3 Å². The molecule has 23 heavy (non-hydrogen) atoms. The summed E-state index contributed by atoms with van der Waals surface area (Å²) < 4.78 is 5.21. The second kappa shape index (κ2) is 6.83. The number of hydrogen-bond donors (Lipinski definition) is 1. The highest BCUT2D eigenvalue weighted by Gasteiger charge is 2.16. The summed E-state index contributed by atoms with van der Waals surface area (Å²) in [5, 5.41) is 2.89. The summed E-state index contributed by atoms with van der Waals surface area (Å²) in [5.41, 5.74) is 1.88. The molecule has 122 valence electrons. The average molecular weight is 314 g/mol. The van der Waals surface area contributed by atoms with Crippen molar-refractivity contribution in [2.75, 3.05) is 38.1 Å². The number of carbonyl (C=O) groups is 1. The molecule has 1 aliphatic rings. The Bertz CT molecular complexity index is 675. The topological polar surface area (TPSA) is 61.6 Å². The van der Waals surface area contributed by atoms with Crippen molar-refractivity contribution in [3.63, 3.8) is 0 Å². The Kier molecular flexibility index (Phi) is 4.62. The first-order chi connectivity index (χ1) is 11.1. The van der Waals surface area contributed by atoms with E-state index < -0.39 is 0 Å². The lowest BCUT2D eigenvalue weighted by Crippen LogP contribution is -2.44. The molecular formula is C17H22N4O2. The minimum Gasteiger partial charge on any atom is -0.459 e. The number of aryl methyl sites for hydroxylation is 1. The number of piperazine rings is 1. The minimum absolute atomic E-state index is 0.189. The Balaban J connectivity index is 1.62. The molecule has 2 aromatic heterocycles. The Morgan fingerprint density at radius 2 is 2.09 bits per heavy atom. The van der Waals surface area contributed by atoms with Crippen LogP contribution in [0.2, 0.25) is 0 Å². The smallest absolute Gasteiger partial charge is 0.287 e. The zero-order valence-electron chi connectivity index (χ0n) is 13.6. The molecule has 0 saturated carbocycles. The molecule has 6 nitrogen and oxygen atoms in total. The van der Waals surface area contributed by atoms with Crippen molar-refractivity contribution in [2.24, 2.45) is 0 Å². The van der Waals surface area contributed by atoms with Crippen LogP contribution in [0.15, 0.2) is 35.1 Å². The normalized spacial score (nSPS) is 15.7. The number of amides is 1. The molecular weight excluding hydrogens is 292 g/mol. The summed E-state index contributed by atoms with van der Waals surface area (Å²) in [6.07, 6.45) is 3.33. The van der Waals surface area contributed by atoms with E-state index in [0.29, 0.717) is 12.3 Å². The van der Waals surface area contributed by atoms with Crippen LogP contribution < -0.4 is 10.2 Å². The lowest BCUT2D eigenvalue weighted by molar-refractivity contribution is 0.0922. The molecule has 0 bridgehead atoms. The van der Waals surface area contributed by atoms with Gasteiger partial charge in [-0.15, -0.1) is 0 Å². The Labute approximate surface area is 136 Å². The van der Waals surface area contributed by atoms with Gasteiger partial charge in [0.15, 0.2) is 5.76 Å². The summed E-state index contributed by atoms with van der Waals surface area (Å²) in [6.45, 7) is 6.36. The van der Waals surface area contributed by atoms with Crippen molar-refractivity contribution in [3.8, 4) is 0 Å². The van der Waals surface area contributed by atoms with Crippen LogP contribution in [0.1, 0.15) is 21.7 Å². The number of likely N-dealkylation sites (N-methyl/N-ethyl adjacent to an activating group) is 1. The molecule has 1 aliphatic heterocycles. The van der Waals surface area contributed by atoms with Gasteiger partial charge in [-0.25, -0.2) is 4.98 Å². The lowest BCUT2D eigenvalue weighted by atomic mass is 10.2. The molecule has 1 amide bonds. The van der Waals surface area contributed by atoms with Gasteiger partial charge < -0.3 is 19.5 Å². The number of anilines is 1. The van der Waals surface area contributed by atoms with Crippen LogP contribution in [-0.2, 0) is 6.54 Å². The molecule has 0 aromatic carbocycles. The van der Waals surface area contributed by atoms with Crippen molar-refractivity contribution in [1.82, 2.24) is 15.2 Å². The third kappa shape index (κ3) is 3.71. The molecule has 0 spiro atoms. The Morgan fingerprint density at radius 1 is 1.30 bits per heavy atom. The highest BCUT2D eigenvalue weighted by Crippen LogP contribution is 2.15. The fourth-order valence-corrected chi connectivity index (χ4v) is 2.65. The van der Waals surface area contributed by atoms with E-state index in [-0.39, 0.29) is 5.91 Å². The van der Waals surface area contributed by atoms with E-state index in [2.05, 4.69) is 27.1 Å². The maximum atomic E-state index is 12.1. The maximum Gasteiger partial charge on any atom is 0.287 e. The fraction of sp³-hybridized carbons (Fsp3) is 0.412. The second-order valence-electron chi connectivity index (χ2n) is 5.93. The molecule has 3 rings (SSSR count). The summed E-state index contributed by atoms with van der Waals surface area (Å²) in [6, 6.07) is 5.75. The van der Waals surface area contributed by atoms with Crippen molar-refractivity contribution in [3.05, 3.63) is 47.5 Å². The molecule has 2 aromatic rings. The van der Waals surface area contributed by atoms with E-state index in [1.165, 1.54) is 6.26 Å². The number of aromatic nitrogens is 1. The first-order valence-electron chi connectivity index (χ1n) is 7.84. The number of furan rings is 1.